The van der Waals surface area contributed by atoms with E-state index in [-0.39, 0.29) is 16.4 Å². The predicted octanol–water partition coefficient (Wildman–Crippen LogP) is 5.46. The number of nitrogens with one attached hydrogen (secondary N) is 1. The van der Waals surface area contributed by atoms with Gasteiger partial charge in [0.2, 0.25) is 5.91 Å². The third-order valence-corrected chi connectivity index (χ3v) is 3.17. The van der Waals surface area contributed by atoms with E-state index in [2.05, 4.69) is 17.2 Å². The van der Waals surface area contributed by atoms with E-state index >= 15 is 0 Å². The summed E-state index contributed by atoms with van der Waals surface area (Å²) in [6.07, 6.45) is 12.6. The number of carbonyl (C=O) groups is 1. The number of hydrogen-bond acceptors (Lipinski definition) is 1. The molecule has 1 unspecified atom stereocenters. The highest BCUT2D eigenvalue weighted by Crippen LogP contribution is 2.10. The SMILES string of the molecule is CC(=O)NC(CCCC#C/C=C\Cl)CCC/C=C\C=C(Cl)Cl. The van der Waals surface area contributed by atoms with Gasteiger partial charge in [0.1, 0.15) is 4.49 Å². The van der Waals surface area contributed by atoms with Gasteiger partial charge < -0.3 is 5.32 Å². The summed E-state index contributed by atoms with van der Waals surface area (Å²) in [5.74, 6) is 5.86. The van der Waals surface area contributed by atoms with Crippen LogP contribution in [-0.2, 0) is 4.79 Å². The number of amides is 1. The standard InChI is InChI=1S/C17H22Cl3NO/c1-15(22)21-16(11-7-3-2-6-10-14-18)12-8-4-5-9-13-17(19)20/h5,9-10,13-14,16H,3-4,7-8,11-12H2,1H3,(H,21,22)/b9-5-,14-10-. The zero-order valence-electron chi connectivity index (χ0n) is 12.7. The molecule has 0 fully saturated rings. The lowest BCUT2D eigenvalue weighted by Crippen LogP contribution is -2.32. The Hall–Kier alpha value is -0.880. The molecule has 1 N–H and O–H groups in total. The zero-order chi connectivity index (χ0) is 16.6. The molecule has 0 aromatic heterocycles. The highest BCUT2D eigenvalue weighted by Gasteiger charge is 2.08. The molecule has 5 heteroatoms. The predicted molar refractivity (Wildman–Crippen MR) is 97.0 cm³/mol. The second kappa shape index (κ2) is 15.0. The minimum absolute atomic E-state index is 0.00792. The summed E-state index contributed by atoms with van der Waals surface area (Å²) < 4.78 is 0.248. The van der Waals surface area contributed by atoms with Crippen molar-refractivity contribution in [1.82, 2.24) is 5.32 Å². The van der Waals surface area contributed by atoms with Crippen molar-refractivity contribution in [1.29, 1.82) is 0 Å². The first-order valence-electron chi connectivity index (χ1n) is 7.24. The Morgan fingerprint density at radius 3 is 2.64 bits per heavy atom. The Morgan fingerprint density at radius 1 is 1.27 bits per heavy atom. The fraction of sp³-hybridized carbons (Fsp3) is 0.471. The number of carbonyl (C=O) groups excluding carboxylic acids is 1. The number of hydrogen-bond donors (Lipinski definition) is 1. The van der Waals surface area contributed by atoms with Gasteiger partial charge in [-0.05, 0) is 44.3 Å². The van der Waals surface area contributed by atoms with Crippen LogP contribution in [0, 0.1) is 11.8 Å². The van der Waals surface area contributed by atoms with Crippen molar-refractivity contribution in [2.24, 2.45) is 0 Å². The van der Waals surface area contributed by atoms with E-state index in [9.17, 15) is 4.79 Å². The molecule has 0 saturated carbocycles. The highest BCUT2D eigenvalue weighted by atomic mass is 35.5. The molecule has 122 valence electrons. The molecule has 0 bridgehead atoms. The molecule has 1 amide bonds. The average molecular weight is 363 g/mol. The van der Waals surface area contributed by atoms with Gasteiger partial charge in [0.15, 0.2) is 0 Å². The summed E-state index contributed by atoms with van der Waals surface area (Å²) in [5, 5.41) is 2.99. The van der Waals surface area contributed by atoms with Crippen LogP contribution in [0.15, 0.2) is 34.3 Å². The molecule has 0 rings (SSSR count). The van der Waals surface area contributed by atoms with Crippen LogP contribution >= 0.6 is 34.8 Å². The molecule has 1 atom stereocenters. The average Bonchev–Trinajstić information content (AvgIpc) is 2.45. The summed E-state index contributed by atoms with van der Waals surface area (Å²) in [4.78, 5) is 11.2. The number of unbranched alkanes of at least 4 members (excludes halogenated alkanes) is 2. The van der Waals surface area contributed by atoms with Crippen molar-refractivity contribution >= 4 is 40.7 Å². The Bertz CT molecular complexity index is 454. The van der Waals surface area contributed by atoms with E-state index < -0.39 is 0 Å². The lowest BCUT2D eigenvalue weighted by atomic mass is 10.0. The molecule has 22 heavy (non-hydrogen) atoms. The molecule has 0 aliphatic rings. The van der Waals surface area contributed by atoms with Gasteiger partial charge in [0.05, 0.1) is 0 Å². The monoisotopic (exact) mass is 361 g/mol. The quantitative estimate of drug-likeness (QED) is 0.329. The Labute approximate surface area is 148 Å². The van der Waals surface area contributed by atoms with Gasteiger partial charge in [0, 0.05) is 24.9 Å². The van der Waals surface area contributed by atoms with E-state index in [0.717, 1.165) is 38.5 Å². The van der Waals surface area contributed by atoms with Crippen LogP contribution < -0.4 is 5.32 Å². The van der Waals surface area contributed by atoms with E-state index in [1.165, 1.54) is 5.54 Å². The third-order valence-electron chi connectivity index (χ3n) is 2.79. The molecule has 0 aliphatic heterocycles. The number of allylic oxidation sites excluding steroid dienone is 4. The fourth-order valence-corrected chi connectivity index (χ4v) is 2.10. The lowest BCUT2D eigenvalue weighted by molar-refractivity contribution is -0.119. The molecule has 0 aromatic rings. The maximum absolute atomic E-state index is 11.2. The lowest BCUT2D eigenvalue weighted by Gasteiger charge is -2.16. The molecule has 0 radical (unpaired) electrons. The molecular formula is C17H22Cl3NO. The van der Waals surface area contributed by atoms with Gasteiger partial charge in [-0.3, -0.25) is 4.79 Å². The van der Waals surface area contributed by atoms with Gasteiger partial charge in [-0.2, -0.15) is 0 Å². The Balaban J connectivity index is 4.03. The minimum atomic E-state index is 0.00792. The Kier molecular flexibility index (Phi) is 14.4. The maximum atomic E-state index is 11.2. The number of rotatable bonds is 9. The van der Waals surface area contributed by atoms with Crippen LogP contribution in [0.2, 0.25) is 0 Å². The van der Waals surface area contributed by atoms with Crippen molar-refractivity contribution in [3.8, 4) is 11.8 Å². The van der Waals surface area contributed by atoms with E-state index in [1.54, 1.807) is 19.1 Å². The molecule has 0 spiro atoms. The highest BCUT2D eigenvalue weighted by molar-refractivity contribution is 6.55. The van der Waals surface area contributed by atoms with Crippen LogP contribution in [0.3, 0.4) is 0 Å². The van der Waals surface area contributed by atoms with E-state index in [1.807, 2.05) is 12.2 Å². The Morgan fingerprint density at radius 2 is 2.00 bits per heavy atom. The van der Waals surface area contributed by atoms with Gasteiger partial charge >= 0.3 is 0 Å². The van der Waals surface area contributed by atoms with Crippen LogP contribution in [-0.4, -0.2) is 11.9 Å². The second-order valence-electron chi connectivity index (χ2n) is 4.72. The van der Waals surface area contributed by atoms with E-state index in [4.69, 9.17) is 34.8 Å². The fourth-order valence-electron chi connectivity index (χ4n) is 1.89. The maximum Gasteiger partial charge on any atom is 0.217 e. The normalized spacial score (nSPS) is 12.0. The summed E-state index contributed by atoms with van der Waals surface area (Å²) in [6, 6.07) is 0.198. The van der Waals surface area contributed by atoms with Gasteiger partial charge in [-0.15, -0.1) is 0 Å². The molecule has 0 heterocycles. The van der Waals surface area contributed by atoms with Crippen molar-refractivity contribution in [3.05, 3.63) is 34.3 Å². The minimum Gasteiger partial charge on any atom is -0.354 e. The first-order valence-corrected chi connectivity index (χ1v) is 8.44. The van der Waals surface area contributed by atoms with Crippen molar-refractivity contribution < 1.29 is 4.79 Å². The van der Waals surface area contributed by atoms with Gasteiger partial charge in [-0.25, -0.2) is 0 Å². The first-order chi connectivity index (χ1) is 10.6. The summed E-state index contributed by atoms with van der Waals surface area (Å²) in [6.45, 7) is 1.55. The molecule has 2 nitrogen and oxygen atoms in total. The van der Waals surface area contributed by atoms with E-state index in [0.29, 0.717) is 0 Å². The summed E-state index contributed by atoms with van der Waals surface area (Å²) in [7, 11) is 0. The topological polar surface area (TPSA) is 29.1 Å². The number of halogens is 3. The van der Waals surface area contributed by atoms with Crippen molar-refractivity contribution in [2.75, 3.05) is 0 Å². The largest absolute Gasteiger partial charge is 0.354 e. The van der Waals surface area contributed by atoms with Crippen LogP contribution in [0.4, 0.5) is 0 Å². The first kappa shape index (κ1) is 21.1. The summed E-state index contributed by atoms with van der Waals surface area (Å²) in [5.41, 5.74) is 1.40. The molecule has 0 aliphatic carbocycles. The molecule has 0 aromatic carbocycles. The zero-order valence-corrected chi connectivity index (χ0v) is 15.0. The molecular weight excluding hydrogens is 341 g/mol. The van der Waals surface area contributed by atoms with Crippen molar-refractivity contribution in [2.45, 2.75) is 51.5 Å². The second-order valence-corrected chi connectivity index (χ2v) is 5.98. The van der Waals surface area contributed by atoms with Crippen LogP contribution in [0.1, 0.15) is 45.4 Å². The summed E-state index contributed by atoms with van der Waals surface area (Å²) >= 11 is 16.4. The van der Waals surface area contributed by atoms with Gasteiger partial charge in [-0.1, -0.05) is 58.8 Å². The smallest absolute Gasteiger partial charge is 0.217 e. The third kappa shape index (κ3) is 15.5. The molecule has 0 saturated heterocycles. The van der Waals surface area contributed by atoms with Crippen molar-refractivity contribution in [3.63, 3.8) is 0 Å². The van der Waals surface area contributed by atoms with Gasteiger partial charge in [0.25, 0.3) is 0 Å². The van der Waals surface area contributed by atoms with Crippen LogP contribution in [0.25, 0.3) is 0 Å². The van der Waals surface area contributed by atoms with Crippen LogP contribution in [0.5, 0.6) is 0 Å².